The van der Waals surface area contributed by atoms with Crippen LogP contribution in [-0.4, -0.2) is 63.8 Å². The Morgan fingerprint density at radius 3 is 1.28 bits per heavy atom. The SMILES string of the molecule is CCCOC(=O)c1ccccc1OC(F)(F)F.CCOC(=O)c1ccccc1OC(F)(F)F.O=S(=O)(O)Cl.O=S(=O)(O)Cl. The molecule has 22 heteroatoms. The first-order chi connectivity index (χ1) is 19.4. The van der Waals surface area contributed by atoms with Gasteiger partial charge in [0.15, 0.2) is 0 Å². The molecule has 2 aromatic rings. The topological polar surface area (TPSA) is 180 Å². The lowest BCUT2D eigenvalue weighted by molar-refractivity contribution is -0.275. The zero-order chi connectivity index (χ0) is 34.1. The third kappa shape index (κ3) is 27.5. The van der Waals surface area contributed by atoms with Crippen LogP contribution in [0.1, 0.15) is 41.0 Å². The first-order valence-corrected chi connectivity index (χ1v) is 15.3. The van der Waals surface area contributed by atoms with Gasteiger partial charge in [-0.2, -0.15) is 16.8 Å². The van der Waals surface area contributed by atoms with Gasteiger partial charge in [-0.15, -0.1) is 26.3 Å². The number of carbonyl (C=O) groups is 2. The lowest BCUT2D eigenvalue weighted by atomic mass is 10.2. The number of esters is 2. The highest BCUT2D eigenvalue weighted by Gasteiger charge is 2.33. The molecular weight excluding hydrogens is 693 g/mol. The molecule has 12 nitrogen and oxygen atoms in total. The van der Waals surface area contributed by atoms with Gasteiger partial charge in [-0.1, -0.05) is 31.2 Å². The minimum absolute atomic E-state index is 0.0825. The predicted molar refractivity (Wildman–Crippen MR) is 138 cm³/mol. The summed E-state index contributed by atoms with van der Waals surface area (Å²) in [6.07, 6.45) is -9.07. The fourth-order valence-electron chi connectivity index (χ4n) is 2.18. The van der Waals surface area contributed by atoms with Crippen LogP contribution in [0.5, 0.6) is 11.5 Å². The van der Waals surface area contributed by atoms with Crippen molar-refractivity contribution in [2.24, 2.45) is 0 Å². The minimum Gasteiger partial charge on any atom is -0.462 e. The van der Waals surface area contributed by atoms with E-state index in [1.807, 2.05) is 0 Å². The van der Waals surface area contributed by atoms with E-state index in [1.165, 1.54) is 36.4 Å². The number of hydrogen-bond donors (Lipinski definition) is 2. The number of ether oxygens (including phenoxy) is 4. The van der Waals surface area contributed by atoms with E-state index in [4.69, 9.17) is 30.7 Å². The van der Waals surface area contributed by atoms with Crippen molar-refractivity contribution >= 4 is 52.0 Å². The smallest absolute Gasteiger partial charge is 0.462 e. The number of alkyl halides is 6. The van der Waals surface area contributed by atoms with Crippen molar-refractivity contribution in [3.63, 3.8) is 0 Å². The van der Waals surface area contributed by atoms with Crippen molar-refractivity contribution in [2.45, 2.75) is 33.0 Å². The summed E-state index contributed by atoms with van der Waals surface area (Å²) in [7, 11) is -0.273. The summed E-state index contributed by atoms with van der Waals surface area (Å²) in [5.74, 6) is -2.79. The van der Waals surface area contributed by atoms with Gasteiger partial charge in [0, 0.05) is 21.4 Å². The number of halogens is 8. The maximum atomic E-state index is 12.1. The zero-order valence-electron chi connectivity index (χ0n) is 21.6. The van der Waals surface area contributed by atoms with Crippen molar-refractivity contribution in [2.75, 3.05) is 13.2 Å². The van der Waals surface area contributed by atoms with Gasteiger partial charge in [-0.3, -0.25) is 9.11 Å². The van der Waals surface area contributed by atoms with Gasteiger partial charge >= 0.3 is 43.3 Å². The normalized spacial score (nSPS) is 11.2. The molecule has 2 N–H and O–H groups in total. The maximum absolute atomic E-state index is 12.1. The van der Waals surface area contributed by atoms with Crippen LogP contribution >= 0.6 is 21.4 Å². The van der Waals surface area contributed by atoms with Crippen LogP contribution in [0.15, 0.2) is 48.5 Å². The molecule has 0 unspecified atom stereocenters. The summed E-state index contributed by atoms with van der Waals surface area (Å²) in [5.41, 5.74) is -0.486. The number of carbonyl (C=O) groups excluding carboxylic acids is 2. The molecule has 0 radical (unpaired) electrons. The Balaban J connectivity index is 0. The van der Waals surface area contributed by atoms with E-state index >= 15 is 0 Å². The molecule has 0 saturated heterocycles. The second-order valence-electron chi connectivity index (χ2n) is 6.77. The number of para-hydroxylation sites is 2. The van der Waals surface area contributed by atoms with E-state index in [2.05, 4.69) is 35.6 Å². The second kappa shape index (κ2) is 19.3. The maximum Gasteiger partial charge on any atom is 0.573 e. The average Bonchev–Trinajstić information content (AvgIpc) is 2.79. The molecule has 43 heavy (non-hydrogen) atoms. The van der Waals surface area contributed by atoms with Gasteiger partial charge in [0.25, 0.3) is 0 Å². The number of hydrogen-bond acceptors (Lipinski definition) is 10. The molecular formula is C21H22Cl2F6O12S2. The van der Waals surface area contributed by atoms with Gasteiger partial charge in [-0.05, 0) is 37.6 Å². The Morgan fingerprint density at radius 1 is 0.698 bits per heavy atom. The van der Waals surface area contributed by atoms with Crippen LogP contribution < -0.4 is 9.47 Å². The Hall–Kier alpha value is -3.04. The summed E-state index contributed by atoms with van der Waals surface area (Å²) >= 11 is 0. The molecule has 0 amide bonds. The van der Waals surface area contributed by atoms with E-state index in [0.717, 1.165) is 12.1 Å². The van der Waals surface area contributed by atoms with E-state index in [9.17, 15) is 35.9 Å². The quantitative estimate of drug-likeness (QED) is 0.149. The molecule has 2 aromatic carbocycles. The van der Waals surface area contributed by atoms with E-state index < -0.39 is 54.8 Å². The van der Waals surface area contributed by atoms with Crippen molar-refractivity contribution in [3.8, 4) is 11.5 Å². The molecule has 0 spiro atoms. The zero-order valence-corrected chi connectivity index (χ0v) is 24.7. The lowest BCUT2D eigenvalue weighted by Gasteiger charge is -2.12. The van der Waals surface area contributed by atoms with Crippen LogP contribution in [0.4, 0.5) is 26.3 Å². The Bertz CT molecular complexity index is 1320. The van der Waals surface area contributed by atoms with Gasteiger partial charge in [0.1, 0.15) is 22.6 Å². The lowest BCUT2D eigenvalue weighted by Crippen LogP contribution is -2.19. The van der Waals surface area contributed by atoms with Crippen molar-refractivity contribution in [3.05, 3.63) is 59.7 Å². The van der Waals surface area contributed by atoms with Crippen molar-refractivity contribution in [1.82, 2.24) is 0 Å². The second-order valence-corrected chi connectivity index (χ2v) is 10.8. The number of rotatable bonds is 7. The molecule has 0 bridgehead atoms. The monoisotopic (exact) mass is 714 g/mol. The van der Waals surface area contributed by atoms with Crippen LogP contribution in [0.25, 0.3) is 0 Å². The Morgan fingerprint density at radius 2 is 1.00 bits per heavy atom. The van der Waals surface area contributed by atoms with E-state index in [-0.39, 0.29) is 24.3 Å². The summed E-state index contributed by atoms with van der Waals surface area (Å²) in [4.78, 5) is 22.7. The fraction of sp³-hybridized carbons (Fsp3) is 0.333. The third-order valence-electron chi connectivity index (χ3n) is 3.38. The third-order valence-corrected chi connectivity index (χ3v) is 3.38. The molecule has 2 rings (SSSR count). The standard InChI is InChI=1S/C11H11F3O3.C10H9F3O3.2ClHO3S/c1-2-7-16-10(15)8-5-3-4-6-9(8)17-11(12,13)14;1-2-15-9(14)7-5-3-4-6-8(7)16-10(11,12)13;2*1-5(2,3)4/h3-6H,2,7H2,1H3;3-6H,2H2,1H3;2*(H,2,3,4). The summed E-state index contributed by atoms with van der Waals surface area (Å²) in [6.45, 7) is 3.58. The number of benzene rings is 2. The first kappa shape index (κ1) is 42.1. The summed E-state index contributed by atoms with van der Waals surface area (Å²) < 4.78 is 139. The largest absolute Gasteiger partial charge is 0.573 e. The molecule has 0 heterocycles. The van der Waals surface area contributed by atoms with Crippen LogP contribution in [0.2, 0.25) is 0 Å². The molecule has 246 valence electrons. The van der Waals surface area contributed by atoms with Gasteiger partial charge in [0.2, 0.25) is 0 Å². The highest BCUT2D eigenvalue weighted by molar-refractivity contribution is 8.09. The van der Waals surface area contributed by atoms with Gasteiger partial charge in [-0.25, -0.2) is 9.59 Å². The van der Waals surface area contributed by atoms with Gasteiger partial charge < -0.3 is 18.9 Å². The molecule has 0 fully saturated rings. The molecule has 0 aliphatic heterocycles. The summed E-state index contributed by atoms with van der Waals surface area (Å²) in [5, 5.41) is 0. The first-order valence-electron chi connectivity index (χ1n) is 10.8. The molecule has 0 aliphatic rings. The minimum atomic E-state index is -4.83. The van der Waals surface area contributed by atoms with E-state index in [1.54, 1.807) is 13.8 Å². The van der Waals surface area contributed by atoms with Crippen LogP contribution in [0, 0.1) is 0 Å². The van der Waals surface area contributed by atoms with E-state index in [0.29, 0.717) is 6.42 Å². The highest BCUT2D eigenvalue weighted by atomic mass is 35.7. The van der Waals surface area contributed by atoms with Crippen LogP contribution in [0.3, 0.4) is 0 Å². The summed E-state index contributed by atoms with van der Waals surface area (Å²) in [6, 6.07) is 10.1. The van der Waals surface area contributed by atoms with Gasteiger partial charge in [0.05, 0.1) is 13.2 Å². The molecule has 0 aliphatic carbocycles. The highest BCUT2D eigenvalue weighted by Crippen LogP contribution is 2.27. The molecule has 0 saturated carbocycles. The van der Waals surface area contributed by atoms with Crippen molar-refractivity contribution in [1.29, 1.82) is 0 Å². The predicted octanol–water partition coefficient (Wildman–Crippen LogP) is 5.97. The fourth-order valence-corrected chi connectivity index (χ4v) is 2.18. The van der Waals surface area contributed by atoms with Crippen molar-refractivity contribution < 1.29 is 80.8 Å². The Labute approximate surface area is 249 Å². The molecule has 0 atom stereocenters. The van der Waals surface area contributed by atoms with Crippen LogP contribution in [-0.2, 0) is 28.1 Å². The Kier molecular flexibility index (Phi) is 18.9. The molecule has 0 aromatic heterocycles. The average molecular weight is 715 g/mol.